The van der Waals surface area contributed by atoms with Gasteiger partial charge in [0.2, 0.25) is 0 Å². The van der Waals surface area contributed by atoms with Gasteiger partial charge in [-0.25, -0.2) is 0 Å². The Morgan fingerprint density at radius 3 is 2.42 bits per heavy atom. The first-order valence-corrected chi connectivity index (χ1v) is 8.21. The molecule has 0 bridgehead atoms. The van der Waals surface area contributed by atoms with Gasteiger partial charge in [-0.3, -0.25) is 0 Å². The second kappa shape index (κ2) is 7.64. The van der Waals surface area contributed by atoms with Gasteiger partial charge in [-0.1, -0.05) is 40.5 Å². The summed E-state index contributed by atoms with van der Waals surface area (Å²) >= 11 is 0. The SMILES string of the molecule is CCCCCN(C)CC1CC(C(C)(C)C)CCC1O. The van der Waals surface area contributed by atoms with Gasteiger partial charge in [0, 0.05) is 6.54 Å². The van der Waals surface area contributed by atoms with Crippen LogP contribution in [0.5, 0.6) is 0 Å². The summed E-state index contributed by atoms with van der Waals surface area (Å²) in [5, 5.41) is 10.2. The predicted octanol–water partition coefficient (Wildman–Crippen LogP) is 3.93. The summed E-state index contributed by atoms with van der Waals surface area (Å²) in [6.07, 6.45) is 7.21. The van der Waals surface area contributed by atoms with Gasteiger partial charge >= 0.3 is 0 Å². The van der Waals surface area contributed by atoms with Gasteiger partial charge in [0.1, 0.15) is 0 Å². The number of unbranched alkanes of at least 4 members (excludes halogenated alkanes) is 2. The molecular weight excluding hydrogens is 234 g/mol. The van der Waals surface area contributed by atoms with Crippen LogP contribution in [0.3, 0.4) is 0 Å². The molecule has 114 valence electrons. The summed E-state index contributed by atoms with van der Waals surface area (Å²) < 4.78 is 0. The van der Waals surface area contributed by atoms with Gasteiger partial charge in [-0.05, 0) is 56.5 Å². The predicted molar refractivity (Wildman–Crippen MR) is 83.3 cm³/mol. The third kappa shape index (κ3) is 5.83. The van der Waals surface area contributed by atoms with Crippen molar-refractivity contribution >= 4 is 0 Å². The topological polar surface area (TPSA) is 23.5 Å². The van der Waals surface area contributed by atoms with Crippen LogP contribution in [0.2, 0.25) is 0 Å². The molecule has 0 spiro atoms. The van der Waals surface area contributed by atoms with Crippen LogP contribution in [0, 0.1) is 17.3 Å². The first-order valence-electron chi connectivity index (χ1n) is 8.21. The molecule has 1 fully saturated rings. The summed E-state index contributed by atoms with van der Waals surface area (Å²) in [6, 6.07) is 0. The lowest BCUT2D eigenvalue weighted by Crippen LogP contribution is -2.40. The molecule has 19 heavy (non-hydrogen) atoms. The number of hydrogen-bond acceptors (Lipinski definition) is 2. The lowest BCUT2D eigenvalue weighted by atomic mass is 9.68. The molecule has 1 rings (SSSR count). The summed E-state index contributed by atoms with van der Waals surface area (Å²) in [5.74, 6) is 1.24. The Balaban J connectivity index is 2.41. The highest BCUT2D eigenvalue weighted by Gasteiger charge is 2.35. The van der Waals surface area contributed by atoms with E-state index in [9.17, 15) is 5.11 Å². The normalized spacial score (nSPS) is 28.9. The minimum atomic E-state index is -0.0766. The molecule has 0 aromatic rings. The molecule has 1 saturated carbocycles. The Bertz CT molecular complexity index is 246. The van der Waals surface area contributed by atoms with Crippen molar-refractivity contribution in [3.63, 3.8) is 0 Å². The number of aliphatic hydroxyl groups excluding tert-OH is 1. The van der Waals surface area contributed by atoms with E-state index in [1.807, 2.05) is 0 Å². The fraction of sp³-hybridized carbons (Fsp3) is 1.00. The van der Waals surface area contributed by atoms with E-state index >= 15 is 0 Å². The minimum Gasteiger partial charge on any atom is -0.393 e. The Kier molecular flexibility index (Phi) is 6.82. The van der Waals surface area contributed by atoms with Gasteiger partial charge in [0.15, 0.2) is 0 Å². The van der Waals surface area contributed by atoms with Crippen LogP contribution in [0.15, 0.2) is 0 Å². The Hall–Kier alpha value is -0.0800. The average Bonchev–Trinajstić information content (AvgIpc) is 2.31. The van der Waals surface area contributed by atoms with Crippen molar-refractivity contribution in [3.05, 3.63) is 0 Å². The lowest BCUT2D eigenvalue weighted by molar-refractivity contribution is 0.00636. The highest BCUT2D eigenvalue weighted by molar-refractivity contribution is 4.86. The molecule has 0 aromatic heterocycles. The first-order chi connectivity index (χ1) is 8.84. The first kappa shape index (κ1) is 17.0. The van der Waals surface area contributed by atoms with Crippen LogP contribution in [0.4, 0.5) is 0 Å². The zero-order valence-electron chi connectivity index (χ0n) is 13.8. The van der Waals surface area contributed by atoms with E-state index in [2.05, 4.69) is 39.6 Å². The molecular formula is C17H35NO. The third-order valence-corrected chi connectivity index (χ3v) is 4.86. The number of aliphatic hydroxyl groups is 1. The van der Waals surface area contributed by atoms with E-state index in [0.29, 0.717) is 11.3 Å². The number of nitrogens with zero attached hydrogens (tertiary/aromatic N) is 1. The molecule has 1 aliphatic carbocycles. The van der Waals surface area contributed by atoms with E-state index < -0.39 is 0 Å². The molecule has 2 nitrogen and oxygen atoms in total. The van der Waals surface area contributed by atoms with E-state index in [1.165, 1.54) is 38.6 Å². The van der Waals surface area contributed by atoms with Gasteiger partial charge < -0.3 is 10.0 Å². The smallest absolute Gasteiger partial charge is 0.0580 e. The van der Waals surface area contributed by atoms with Crippen LogP contribution in [0.25, 0.3) is 0 Å². The van der Waals surface area contributed by atoms with Crippen molar-refractivity contribution in [2.45, 2.75) is 72.3 Å². The average molecular weight is 269 g/mol. The molecule has 0 amide bonds. The lowest BCUT2D eigenvalue weighted by Gasteiger charge is -2.41. The molecule has 2 heteroatoms. The second-order valence-corrected chi connectivity index (χ2v) is 7.67. The zero-order valence-corrected chi connectivity index (χ0v) is 13.8. The Morgan fingerprint density at radius 2 is 1.84 bits per heavy atom. The highest BCUT2D eigenvalue weighted by Crippen LogP contribution is 2.40. The molecule has 3 unspecified atom stereocenters. The zero-order chi connectivity index (χ0) is 14.5. The number of rotatable bonds is 6. The summed E-state index contributed by atoms with van der Waals surface area (Å²) in [7, 11) is 2.21. The van der Waals surface area contributed by atoms with Crippen molar-refractivity contribution in [2.24, 2.45) is 17.3 Å². The minimum absolute atomic E-state index is 0.0766. The van der Waals surface area contributed by atoms with E-state index in [1.54, 1.807) is 0 Å². The highest BCUT2D eigenvalue weighted by atomic mass is 16.3. The van der Waals surface area contributed by atoms with Crippen LogP contribution in [-0.4, -0.2) is 36.2 Å². The summed E-state index contributed by atoms with van der Waals surface area (Å²) in [6.45, 7) is 11.5. The molecule has 0 heterocycles. The molecule has 0 radical (unpaired) electrons. The molecule has 1 N–H and O–H groups in total. The Morgan fingerprint density at radius 1 is 1.16 bits per heavy atom. The summed E-state index contributed by atoms with van der Waals surface area (Å²) in [5.41, 5.74) is 0.388. The van der Waals surface area contributed by atoms with Crippen LogP contribution < -0.4 is 0 Å². The number of hydrogen-bond donors (Lipinski definition) is 1. The van der Waals surface area contributed by atoms with E-state index in [4.69, 9.17) is 0 Å². The maximum Gasteiger partial charge on any atom is 0.0580 e. The van der Waals surface area contributed by atoms with Crippen molar-refractivity contribution in [2.75, 3.05) is 20.1 Å². The van der Waals surface area contributed by atoms with Crippen molar-refractivity contribution in [3.8, 4) is 0 Å². The standard InChI is InChI=1S/C17H35NO/c1-6-7-8-11-18(5)13-14-12-15(17(2,3)4)9-10-16(14)19/h14-16,19H,6-13H2,1-5H3. The fourth-order valence-electron chi connectivity index (χ4n) is 3.35. The van der Waals surface area contributed by atoms with Gasteiger partial charge in [0.05, 0.1) is 6.10 Å². The Labute approximate surface area is 120 Å². The quantitative estimate of drug-likeness (QED) is 0.739. The van der Waals surface area contributed by atoms with Crippen molar-refractivity contribution in [1.82, 2.24) is 4.90 Å². The third-order valence-electron chi connectivity index (χ3n) is 4.86. The molecule has 0 saturated heterocycles. The largest absolute Gasteiger partial charge is 0.393 e. The molecule has 3 atom stereocenters. The fourth-order valence-corrected chi connectivity index (χ4v) is 3.35. The van der Waals surface area contributed by atoms with Gasteiger partial charge in [-0.15, -0.1) is 0 Å². The molecule has 0 aliphatic heterocycles. The van der Waals surface area contributed by atoms with Crippen LogP contribution in [0.1, 0.15) is 66.2 Å². The van der Waals surface area contributed by atoms with Gasteiger partial charge in [-0.2, -0.15) is 0 Å². The maximum absolute atomic E-state index is 10.2. The van der Waals surface area contributed by atoms with Gasteiger partial charge in [0.25, 0.3) is 0 Å². The van der Waals surface area contributed by atoms with E-state index in [-0.39, 0.29) is 6.10 Å². The van der Waals surface area contributed by atoms with Crippen molar-refractivity contribution in [1.29, 1.82) is 0 Å². The van der Waals surface area contributed by atoms with E-state index in [0.717, 1.165) is 18.9 Å². The van der Waals surface area contributed by atoms with Crippen LogP contribution in [-0.2, 0) is 0 Å². The monoisotopic (exact) mass is 269 g/mol. The maximum atomic E-state index is 10.2. The second-order valence-electron chi connectivity index (χ2n) is 7.67. The summed E-state index contributed by atoms with van der Waals surface area (Å²) in [4.78, 5) is 2.43. The molecule has 0 aromatic carbocycles. The van der Waals surface area contributed by atoms with Crippen LogP contribution >= 0.6 is 0 Å². The van der Waals surface area contributed by atoms with Crippen molar-refractivity contribution < 1.29 is 5.11 Å². The molecule has 1 aliphatic rings.